The molecule has 1 aliphatic heterocycles. The monoisotopic (exact) mass is 260 g/mol. The maximum atomic E-state index is 3.43. The Morgan fingerprint density at radius 1 is 1.11 bits per heavy atom. The van der Waals surface area contributed by atoms with Crippen molar-refractivity contribution in [1.29, 1.82) is 0 Å². The van der Waals surface area contributed by atoms with E-state index in [1.165, 1.54) is 30.6 Å². The molecule has 1 N–H and O–H groups in total. The molecule has 1 unspecified atom stereocenters. The van der Waals surface area contributed by atoms with Gasteiger partial charge in [0, 0.05) is 32.2 Å². The Hall–Kier alpha value is -0.860. The lowest BCUT2D eigenvalue weighted by molar-refractivity contribution is 0.169. The van der Waals surface area contributed by atoms with Crippen LogP contribution in [-0.2, 0) is 5.41 Å². The van der Waals surface area contributed by atoms with Crippen molar-refractivity contribution in [2.75, 3.05) is 26.2 Å². The summed E-state index contributed by atoms with van der Waals surface area (Å²) in [5.74, 6) is 0. The van der Waals surface area contributed by atoms with Crippen molar-refractivity contribution in [3.8, 4) is 0 Å². The Kier molecular flexibility index (Phi) is 4.64. The second-order valence-electron chi connectivity index (χ2n) is 6.58. The zero-order valence-corrected chi connectivity index (χ0v) is 12.9. The Morgan fingerprint density at radius 2 is 1.68 bits per heavy atom. The lowest BCUT2D eigenvalue weighted by Gasteiger charge is -2.35. The molecule has 0 aliphatic carbocycles. The molecule has 1 heterocycles. The van der Waals surface area contributed by atoms with Gasteiger partial charge in [0.2, 0.25) is 0 Å². The quantitative estimate of drug-likeness (QED) is 0.896. The number of hydrogen-bond donors (Lipinski definition) is 1. The van der Waals surface area contributed by atoms with Gasteiger partial charge in [0.1, 0.15) is 0 Å². The average Bonchev–Trinajstić information content (AvgIpc) is 2.40. The smallest absolute Gasteiger partial charge is 0.0346 e. The summed E-state index contributed by atoms with van der Waals surface area (Å²) in [6, 6.07) is 9.85. The molecule has 106 valence electrons. The molecule has 2 heteroatoms. The molecule has 1 aliphatic rings. The van der Waals surface area contributed by atoms with Crippen molar-refractivity contribution >= 4 is 0 Å². The molecular formula is C17H28N2. The molecular weight excluding hydrogens is 232 g/mol. The summed E-state index contributed by atoms with van der Waals surface area (Å²) >= 11 is 0. The second-order valence-corrected chi connectivity index (χ2v) is 6.58. The van der Waals surface area contributed by atoms with Crippen molar-refractivity contribution in [2.24, 2.45) is 0 Å². The van der Waals surface area contributed by atoms with Crippen LogP contribution < -0.4 is 5.32 Å². The molecule has 0 spiro atoms. The van der Waals surface area contributed by atoms with E-state index < -0.39 is 0 Å². The van der Waals surface area contributed by atoms with Crippen molar-refractivity contribution in [2.45, 2.75) is 45.6 Å². The number of hydrogen-bond acceptors (Lipinski definition) is 2. The predicted molar refractivity (Wildman–Crippen MR) is 82.6 cm³/mol. The normalized spacial score (nSPS) is 19.4. The topological polar surface area (TPSA) is 15.3 Å². The van der Waals surface area contributed by atoms with Gasteiger partial charge in [0.05, 0.1) is 0 Å². The predicted octanol–water partition coefficient (Wildman–Crippen LogP) is 3.34. The van der Waals surface area contributed by atoms with Gasteiger partial charge in [0.15, 0.2) is 0 Å². The number of benzene rings is 1. The van der Waals surface area contributed by atoms with Crippen LogP contribution in [-0.4, -0.2) is 31.1 Å². The van der Waals surface area contributed by atoms with Crippen LogP contribution in [0.5, 0.6) is 0 Å². The molecule has 2 rings (SSSR count). The molecule has 1 atom stereocenters. The van der Waals surface area contributed by atoms with E-state index in [1.807, 2.05) is 0 Å². The summed E-state index contributed by atoms with van der Waals surface area (Å²) in [7, 11) is 0. The van der Waals surface area contributed by atoms with Crippen LogP contribution in [0.2, 0.25) is 0 Å². The number of nitrogens with one attached hydrogen (secondary N) is 1. The van der Waals surface area contributed by atoms with E-state index in [2.05, 4.69) is 62.2 Å². The molecule has 0 bridgehead atoms. The number of rotatable bonds is 3. The Labute approximate surface area is 118 Å². The summed E-state index contributed by atoms with van der Waals surface area (Å²) < 4.78 is 0. The van der Waals surface area contributed by atoms with Crippen LogP contribution >= 0.6 is 0 Å². The summed E-state index contributed by atoms with van der Waals surface area (Å²) in [5, 5.41) is 3.43. The molecule has 2 nitrogen and oxygen atoms in total. The van der Waals surface area contributed by atoms with E-state index in [1.54, 1.807) is 0 Å². The van der Waals surface area contributed by atoms with E-state index in [4.69, 9.17) is 0 Å². The van der Waals surface area contributed by atoms with Crippen LogP contribution in [0.15, 0.2) is 24.3 Å². The summed E-state index contributed by atoms with van der Waals surface area (Å²) in [4.78, 5) is 2.61. The van der Waals surface area contributed by atoms with Crippen molar-refractivity contribution in [3.63, 3.8) is 0 Å². The highest BCUT2D eigenvalue weighted by Gasteiger charge is 2.21. The van der Waals surface area contributed by atoms with Crippen LogP contribution in [0.25, 0.3) is 0 Å². The SMILES string of the molecule is CCC(c1ccc(C(C)(C)C)cc1)N1CCNCC1. The lowest BCUT2D eigenvalue weighted by atomic mass is 9.86. The van der Waals surface area contributed by atoms with Crippen molar-refractivity contribution < 1.29 is 0 Å². The number of nitrogens with zero attached hydrogens (tertiary/aromatic N) is 1. The van der Waals surface area contributed by atoms with Crippen molar-refractivity contribution in [1.82, 2.24) is 10.2 Å². The highest BCUT2D eigenvalue weighted by Crippen LogP contribution is 2.28. The lowest BCUT2D eigenvalue weighted by Crippen LogP contribution is -2.45. The molecule has 0 radical (unpaired) electrons. The summed E-state index contributed by atoms with van der Waals surface area (Å²) in [6.45, 7) is 13.7. The fourth-order valence-corrected chi connectivity index (χ4v) is 2.90. The fourth-order valence-electron chi connectivity index (χ4n) is 2.90. The van der Waals surface area contributed by atoms with Gasteiger partial charge in [-0.1, -0.05) is 52.0 Å². The highest BCUT2D eigenvalue weighted by atomic mass is 15.2. The Bertz CT molecular complexity index is 383. The van der Waals surface area contributed by atoms with Crippen LogP contribution in [0, 0.1) is 0 Å². The maximum absolute atomic E-state index is 3.43. The molecule has 1 fully saturated rings. The van der Waals surface area contributed by atoms with Gasteiger partial charge in [-0.25, -0.2) is 0 Å². The third-order valence-corrected chi connectivity index (χ3v) is 4.14. The van der Waals surface area contributed by atoms with Gasteiger partial charge in [-0.3, -0.25) is 4.90 Å². The fraction of sp³-hybridized carbons (Fsp3) is 0.647. The first-order chi connectivity index (χ1) is 9.02. The Balaban J connectivity index is 2.14. The molecule has 1 aromatic carbocycles. The van der Waals surface area contributed by atoms with E-state index in [9.17, 15) is 0 Å². The Morgan fingerprint density at radius 3 is 2.16 bits per heavy atom. The maximum Gasteiger partial charge on any atom is 0.0346 e. The van der Waals surface area contributed by atoms with Crippen LogP contribution in [0.3, 0.4) is 0 Å². The first kappa shape index (κ1) is 14.5. The standard InChI is InChI=1S/C17H28N2/c1-5-16(19-12-10-18-11-13-19)14-6-8-15(9-7-14)17(2,3)4/h6-9,16,18H,5,10-13H2,1-4H3. The summed E-state index contributed by atoms with van der Waals surface area (Å²) in [5.41, 5.74) is 3.14. The van der Waals surface area contributed by atoms with Gasteiger partial charge in [-0.15, -0.1) is 0 Å². The molecule has 0 aromatic heterocycles. The van der Waals surface area contributed by atoms with Gasteiger partial charge >= 0.3 is 0 Å². The average molecular weight is 260 g/mol. The molecule has 1 aromatic rings. The molecule has 1 saturated heterocycles. The van der Waals surface area contributed by atoms with Crippen LogP contribution in [0.1, 0.15) is 51.3 Å². The highest BCUT2D eigenvalue weighted by molar-refractivity contribution is 5.29. The molecule has 0 saturated carbocycles. The van der Waals surface area contributed by atoms with Gasteiger partial charge in [-0.05, 0) is 23.0 Å². The first-order valence-corrected chi connectivity index (χ1v) is 7.57. The first-order valence-electron chi connectivity index (χ1n) is 7.57. The summed E-state index contributed by atoms with van der Waals surface area (Å²) in [6.07, 6.45) is 1.19. The van der Waals surface area contributed by atoms with E-state index in [0.717, 1.165) is 13.1 Å². The minimum Gasteiger partial charge on any atom is -0.314 e. The third kappa shape index (κ3) is 3.58. The zero-order valence-electron chi connectivity index (χ0n) is 12.9. The van der Waals surface area contributed by atoms with Gasteiger partial charge in [-0.2, -0.15) is 0 Å². The minimum absolute atomic E-state index is 0.245. The van der Waals surface area contributed by atoms with Gasteiger partial charge in [0.25, 0.3) is 0 Å². The van der Waals surface area contributed by atoms with E-state index in [0.29, 0.717) is 6.04 Å². The number of piperazine rings is 1. The van der Waals surface area contributed by atoms with Crippen molar-refractivity contribution in [3.05, 3.63) is 35.4 Å². The van der Waals surface area contributed by atoms with E-state index in [-0.39, 0.29) is 5.41 Å². The molecule has 0 amide bonds. The largest absolute Gasteiger partial charge is 0.314 e. The minimum atomic E-state index is 0.245. The second kappa shape index (κ2) is 6.06. The van der Waals surface area contributed by atoms with Gasteiger partial charge < -0.3 is 5.32 Å². The van der Waals surface area contributed by atoms with E-state index >= 15 is 0 Å². The van der Waals surface area contributed by atoms with Crippen LogP contribution in [0.4, 0.5) is 0 Å². The zero-order chi connectivity index (χ0) is 13.9. The third-order valence-electron chi connectivity index (χ3n) is 4.14. The molecule has 19 heavy (non-hydrogen) atoms.